The van der Waals surface area contributed by atoms with Crippen LogP contribution in [0.5, 0.6) is 0 Å². The van der Waals surface area contributed by atoms with Gasteiger partial charge in [0, 0.05) is 12.1 Å². The quantitative estimate of drug-likeness (QED) is 0.423. The minimum absolute atomic E-state index is 0.566. The van der Waals surface area contributed by atoms with E-state index < -0.39 is 0 Å². The van der Waals surface area contributed by atoms with Crippen molar-refractivity contribution in [2.24, 2.45) is 5.92 Å². The normalized spacial score (nSPS) is 11.6. The van der Waals surface area contributed by atoms with Crippen molar-refractivity contribution in [3.8, 4) is 22.6 Å². The van der Waals surface area contributed by atoms with E-state index in [4.69, 9.17) is 5.10 Å². The van der Waals surface area contributed by atoms with E-state index in [2.05, 4.69) is 82.8 Å². The summed E-state index contributed by atoms with van der Waals surface area (Å²) in [6, 6.07) is 21.1. The Bertz CT molecular complexity index is 1260. The Morgan fingerprint density at radius 3 is 2.50 bits per heavy atom. The lowest BCUT2D eigenvalue weighted by Gasteiger charge is -2.03. The number of fused-ring (bicyclic) bond motifs is 1. The van der Waals surface area contributed by atoms with Gasteiger partial charge in [0.2, 0.25) is 10.8 Å². The van der Waals surface area contributed by atoms with Gasteiger partial charge in [-0.2, -0.15) is 14.7 Å². The molecule has 0 bridgehead atoms. The zero-order valence-corrected chi connectivity index (χ0v) is 17.7. The van der Waals surface area contributed by atoms with Crippen LogP contribution in [-0.2, 0) is 12.8 Å². The first kappa shape index (κ1) is 18.7. The third-order valence-corrected chi connectivity index (χ3v) is 5.84. The Morgan fingerprint density at radius 1 is 0.967 bits per heavy atom. The maximum atomic E-state index is 4.75. The first-order valence-corrected chi connectivity index (χ1v) is 10.9. The van der Waals surface area contributed by atoms with Crippen LogP contribution in [0.15, 0.2) is 60.7 Å². The molecule has 3 aromatic heterocycles. The molecule has 2 aromatic carbocycles. The van der Waals surface area contributed by atoms with Crippen LogP contribution in [-0.4, -0.2) is 30.0 Å². The molecule has 5 rings (SSSR count). The summed E-state index contributed by atoms with van der Waals surface area (Å²) in [5, 5.41) is 21.9. The number of aromatic amines is 1. The maximum absolute atomic E-state index is 4.75. The van der Waals surface area contributed by atoms with E-state index in [1.54, 1.807) is 15.9 Å². The lowest BCUT2D eigenvalue weighted by Crippen LogP contribution is -1.94. The lowest BCUT2D eigenvalue weighted by molar-refractivity contribution is 0.633. The van der Waals surface area contributed by atoms with Gasteiger partial charge in [0.05, 0.1) is 0 Å². The molecule has 0 fully saturated rings. The van der Waals surface area contributed by atoms with Gasteiger partial charge in [0.1, 0.15) is 10.7 Å². The summed E-state index contributed by atoms with van der Waals surface area (Å²) in [6.45, 7) is 4.38. The highest BCUT2D eigenvalue weighted by Gasteiger charge is 2.16. The number of H-pyrrole nitrogens is 1. The fraction of sp³-hybridized carbons (Fsp3) is 0.217. The Kier molecular flexibility index (Phi) is 4.88. The van der Waals surface area contributed by atoms with Crippen molar-refractivity contribution in [2.45, 2.75) is 26.7 Å². The van der Waals surface area contributed by atoms with Crippen molar-refractivity contribution in [1.29, 1.82) is 0 Å². The molecule has 30 heavy (non-hydrogen) atoms. The van der Waals surface area contributed by atoms with Crippen LogP contribution in [0.3, 0.4) is 0 Å². The molecule has 1 N–H and O–H groups in total. The Balaban J connectivity index is 1.37. The smallest absolute Gasteiger partial charge is 0.235 e. The summed E-state index contributed by atoms with van der Waals surface area (Å²) in [5.41, 5.74) is 5.55. The van der Waals surface area contributed by atoms with E-state index in [1.807, 2.05) is 12.1 Å². The van der Waals surface area contributed by atoms with Crippen molar-refractivity contribution in [2.75, 3.05) is 0 Å². The van der Waals surface area contributed by atoms with Crippen molar-refractivity contribution >= 4 is 16.3 Å². The number of nitrogens with one attached hydrogen (secondary N) is 1. The van der Waals surface area contributed by atoms with Crippen LogP contribution in [0, 0.1) is 5.92 Å². The van der Waals surface area contributed by atoms with Crippen molar-refractivity contribution < 1.29 is 0 Å². The molecule has 0 amide bonds. The van der Waals surface area contributed by atoms with Gasteiger partial charge in [-0.05, 0) is 35.1 Å². The summed E-state index contributed by atoms with van der Waals surface area (Å²) in [6.07, 6.45) is 1.72. The number of aromatic nitrogens is 6. The number of hydrogen-bond donors (Lipinski definition) is 1. The van der Waals surface area contributed by atoms with Gasteiger partial charge in [-0.1, -0.05) is 79.8 Å². The molecule has 5 aromatic rings. The molecule has 0 unspecified atom stereocenters. The summed E-state index contributed by atoms with van der Waals surface area (Å²) in [7, 11) is 0. The molecule has 6 nitrogen and oxygen atoms in total. The molecule has 3 heterocycles. The number of hydrogen-bond acceptors (Lipinski definition) is 5. The molecule has 0 spiro atoms. The largest absolute Gasteiger partial charge is 0.282 e. The van der Waals surface area contributed by atoms with Gasteiger partial charge in [-0.15, -0.1) is 10.2 Å². The van der Waals surface area contributed by atoms with Gasteiger partial charge in [-0.3, -0.25) is 5.10 Å². The number of benzene rings is 2. The maximum Gasteiger partial charge on any atom is 0.235 e. The zero-order chi connectivity index (χ0) is 20.5. The van der Waals surface area contributed by atoms with Crippen LogP contribution in [0.4, 0.5) is 0 Å². The van der Waals surface area contributed by atoms with E-state index >= 15 is 0 Å². The van der Waals surface area contributed by atoms with Crippen LogP contribution in [0.1, 0.15) is 30.1 Å². The minimum atomic E-state index is 0.566. The average Bonchev–Trinajstić information content (AvgIpc) is 3.45. The first-order valence-electron chi connectivity index (χ1n) is 10.1. The second-order valence-corrected chi connectivity index (χ2v) is 8.87. The molecule has 0 saturated heterocycles. The van der Waals surface area contributed by atoms with Crippen LogP contribution in [0.2, 0.25) is 0 Å². The lowest BCUT2D eigenvalue weighted by atomic mass is 10.0. The minimum Gasteiger partial charge on any atom is -0.282 e. The second-order valence-electron chi connectivity index (χ2n) is 7.83. The second kappa shape index (κ2) is 7.84. The highest BCUT2D eigenvalue weighted by Crippen LogP contribution is 2.24. The van der Waals surface area contributed by atoms with E-state index in [1.165, 1.54) is 16.7 Å². The van der Waals surface area contributed by atoms with E-state index in [0.717, 1.165) is 34.2 Å². The summed E-state index contributed by atoms with van der Waals surface area (Å²) >= 11 is 1.57. The van der Waals surface area contributed by atoms with Crippen LogP contribution >= 0.6 is 11.3 Å². The van der Waals surface area contributed by atoms with Gasteiger partial charge in [-0.25, -0.2) is 0 Å². The summed E-state index contributed by atoms with van der Waals surface area (Å²) < 4.78 is 1.80. The number of nitrogens with zero attached hydrogens (tertiary/aromatic N) is 5. The number of rotatable bonds is 6. The summed E-state index contributed by atoms with van der Waals surface area (Å²) in [4.78, 5) is 0.786. The highest BCUT2D eigenvalue weighted by atomic mass is 32.1. The third kappa shape index (κ3) is 3.76. The third-order valence-electron chi connectivity index (χ3n) is 4.94. The fourth-order valence-corrected chi connectivity index (χ4v) is 4.40. The Labute approximate surface area is 178 Å². The molecular formula is C23H22N6S. The zero-order valence-electron chi connectivity index (χ0n) is 16.9. The average molecular weight is 415 g/mol. The monoisotopic (exact) mass is 414 g/mol. The van der Waals surface area contributed by atoms with E-state index in [0.29, 0.717) is 11.7 Å². The van der Waals surface area contributed by atoms with Gasteiger partial charge < -0.3 is 0 Å². The van der Waals surface area contributed by atoms with Crippen molar-refractivity contribution in [1.82, 2.24) is 30.0 Å². The molecule has 150 valence electrons. The molecule has 0 atom stereocenters. The van der Waals surface area contributed by atoms with Crippen LogP contribution < -0.4 is 0 Å². The SMILES string of the molecule is CC(C)Cc1cc(-c2nnc3sc(Cc4ccc(-c5ccccc5)cc4)nn23)n[nH]1. The van der Waals surface area contributed by atoms with E-state index in [9.17, 15) is 0 Å². The highest BCUT2D eigenvalue weighted by molar-refractivity contribution is 7.16. The molecule has 7 heteroatoms. The first-order chi connectivity index (χ1) is 14.7. The topological polar surface area (TPSA) is 71.8 Å². The molecular weight excluding hydrogens is 392 g/mol. The van der Waals surface area contributed by atoms with Crippen molar-refractivity contribution in [3.63, 3.8) is 0 Å². The van der Waals surface area contributed by atoms with Crippen LogP contribution in [0.25, 0.3) is 27.6 Å². The Hall–Kier alpha value is -3.32. The fourth-order valence-electron chi connectivity index (χ4n) is 3.53. The molecule has 0 radical (unpaired) electrons. The van der Waals surface area contributed by atoms with Gasteiger partial charge >= 0.3 is 0 Å². The standard InChI is InChI=1S/C23H22N6S/c1-15(2)12-19-14-20(25-24-19)22-26-27-23-29(22)28-21(30-23)13-16-8-10-18(11-9-16)17-6-4-3-5-7-17/h3-11,14-15H,12-13H2,1-2H3,(H,24,25). The van der Waals surface area contributed by atoms with Crippen molar-refractivity contribution in [3.05, 3.63) is 76.9 Å². The van der Waals surface area contributed by atoms with Gasteiger partial charge in [0.25, 0.3) is 0 Å². The Morgan fingerprint density at radius 2 is 1.73 bits per heavy atom. The van der Waals surface area contributed by atoms with Gasteiger partial charge in [0.15, 0.2) is 0 Å². The molecule has 0 saturated carbocycles. The summed E-state index contributed by atoms with van der Waals surface area (Å²) in [5.74, 6) is 1.24. The molecule has 0 aliphatic carbocycles. The molecule has 0 aliphatic rings. The predicted molar refractivity (Wildman–Crippen MR) is 119 cm³/mol. The predicted octanol–water partition coefficient (Wildman–Crippen LogP) is 5.03. The molecule has 0 aliphatic heterocycles. The van der Waals surface area contributed by atoms with E-state index in [-0.39, 0.29) is 0 Å².